The van der Waals surface area contributed by atoms with Crippen LogP contribution in [0.15, 0.2) is 46.8 Å². The number of fused-ring (bicyclic) bond motifs is 3. The molecule has 3 aliphatic heterocycles. The molecule has 0 saturated carbocycles. The summed E-state index contributed by atoms with van der Waals surface area (Å²) in [5.74, 6) is -0.680. The first-order chi connectivity index (χ1) is 13.1. The summed E-state index contributed by atoms with van der Waals surface area (Å²) in [5.41, 5.74) is -2.44. The molecule has 0 aliphatic carbocycles. The zero-order valence-corrected chi connectivity index (χ0v) is 16.0. The van der Waals surface area contributed by atoms with E-state index >= 15 is 0 Å². The number of aliphatic imine (C=N–C) groups is 1. The fourth-order valence-corrected chi connectivity index (χ4v) is 3.90. The highest BCUT2D eigenvalue weighted by Gasteiger charge is 2.53. The quantitative estimate of drug-likeness (QED) is 0.429. The summed E-state index contributed by atoms with van der Waals surface area (Å²) in [5, 5.41) is 0. The first kappa shape index (κ1) is 19.4. The Morgan fingerprint density at radius 2 is 2.07 bits per heavy atom. The molecule has 1 spiro atoms. The van der Waals surface area contributed by atoms with Crippen LogP contribution in [0.25, 0.3) is 0 Å². The molecule has 0 N–H and O–H groups in total. The van der Waals surface area contributed by atoms with Crippen LogP contribution in [0.5, 0.6) is 5.75 Å². The van der Waals surface area contributed by atoms with E-state index in [0.717, 1.165) is 14.7 Å². The fourth-order valence-electron chi connectivity index (χ4n) is 3.43. The van der Waals surface area contributed by atoms with Gasteiger partial charge in [0.15, 0.2) is 17.8 Å². The predicted octanol–water partition coefficient (Wildman–Crippen LogP) is 4.51. The van der Waals surface area contributed by atoms with E-state index in [9.17, 15) is 26.3 Å². The van der Waals surface area contributed by atoms with Crippen molar-refractivity contribution in [2.45, 2.75) is 24.5 Å². The molecule has 1 aromatic rings. The van der Waals surface area contributed by atoms with Crippen molar-refractivity contribution in [1.82, 2.24) is 4.90 Å². The number of amidine groups is 1. The molecule has 2 atom stereocenters. The molecule has 0 amide bonds. The zero-order chi connectivity index (χ0) is 20.3. The van der Waals surface area contributed by atoms with Gasteiger partial charge in [0.1, 0.15) is 17.9 Å². The Kier molecular flexibility index (Phi) is 4.55. The van der Waals surface area contributed by atoms with Gasteiger partial charge in [0.05, 0.1) is 12.1 Å². The van der Waals surface area contributed by atoms with Crippen molar-refractivity contribution in [3.05, 3.63) is 50.9 Å². The molecule has 0 fully saturated rings. The van der Waals surface area contributed by atoms with Gasteiger partial charge in [0, 0.05) is 15.3 Å². The largest absolute Gasteiger partial charge is 0.490 e. The van der Waals surface area contributed by atoms with E-state index in [2.05, 4.69) is 9.73 Å². The zero-order valence-electron chi connectivity index (χ0n) is 13.8. The summed E-state index contributed by atoms with van der Waals surface area (Å²) in [6.45, 7) is -4.02. The Hall–Kier alpha value is -1.92. The van der Waals surface area contributed by atoms with Crippen molar-refractivity contribution in [3.63, 3.8) is 0 Å². The van der Waals surface area contributed by atoms with Crippen LogP contribution < -0.4 is 4.74 Å². The average molecular weight is 516 g/mol. The molecule has 0 radical (unpaired) electrons. The van der Waals surface area contributed by atoms with Gasteiger partial charge in [-0.1, -0.05) is 6.07 Å². The third-order valence-corrected chi connectivity index (χ3v) is 5.32. The number of hydrogen-bond acceptors (Lipinski definition) is 4. The van der Waals surface area contributed by atoms with Crippen molar-refractivity contribution in [3.8, 4) is 5.75 Å². The van der Waals surface area contributed by atoms with Crippen LogP contribution in [0, 0.1) is 3.57 Å². The van der Waals surface area contributed by atoms with Crippen LogP contribution in [-0.4, -0.2) is 42.8 Å². The molecule has 150 valence electrons. The maximum absolute atomic E-state index is 15.0. The molecule has 0 bridgehead atoms. The highest BCUT2D eigenvalue weighted by atomic mass is 127. The van der Waals surface area contributed by atoms with Gasteiger partial charge >= 0.3 is 12.8 Å². The lowest BCUT2D eigenvalue weighted by molar-refractivity contribution is -0.0981. The first-order valence-electron chi connectivity index (χ1n) is 7.99. The molecule has 0 saturated heterocycles. The Morgan fingerprint density at radius 1 is 1.32 bits per heavy atom. The average Bonchev–Trinajstić information content (AvgIpc) is 2.98. The summed E-state index contributed by atoms with van der Waals surface area (Å²) >= 11 is 2.04. The Bertz CT molecular complexity index is 913. The molecule has 1 unspecified atom stereocenters. The molecule has 3 heterocycles. The van der Waals surface area contributed by atoms with Gasteiger partial charge in [-0.25, -0.2) is 9.38 Å². The summed E-state index contributed by atoms with van der Waals surface area (Å²) in [6, 6.07) is 4.92. The predicted molar refractivity (Wildman–Crippen MR) is 94.7 cm³/mol. The topological polar surface area (TPSA) is 34.1 Å². The van der Waals surface area contributed by atoms with Crippen molar-refractivity contribution in [1.29, 1.82) is 0 Å². The molecule has 0 aromatic heterocycles. The van der Waals surface area contributed by atoms with E-state index in [0.29, 0.717) is 17.4 Å². The van der Waals surface area contributed by atoms with Crippen LogP contribution in [-0.2, 0) is 10.3 Å². The van der Waals surface area contributed by atoms with E-state index < -0.39 is 35.8 Å². The number of ether oxygens (including phenoxy) is 2. The lowest BCUT2D eigenvalue weighted by atomic mass is 9.84. The minimum Gasteiger partial charge on any atom is -0.490 e. The van der Waals surface area contributed by atoms with E-state index in [-0.39, 0.29) is 19.0 Å². The molecule has 11 heteroatoms. The van der Waals surface area contributed by atoms with Crippen LogP contribution in [0.2, 0.25) is 0 Å². The van der Waals surface area contributed by atoms with Crippen molar-refractivity contribution < 1.29 is 35.8 Å². The summed E-state index contributed by atoms with van der Waals surface area (Å²) in [6.07, 6.45) is -5.31. The minimum absolute atomic E-state index is 0.276. The van der Waals surface area contributed by atoms with Gasteiger partial charge in [-0.15, -0.1) is 0 Å². The highest BCUT2D eigenvalue weighted by molar-refractivity contribution is 14.1. The lowest BCUT2D eigenvalue weighted by Gasteiger charge is -2.36. The van der Waals surface area contributed by atoms with Gasteiger partial charge in [0.25, 0.3) is 0 Å². The molecule has 1 aromatic carbocycles. The maximum Gasteiger partial charge on any atom is 0.417 e. The smallest absolute Gasteiger partial charge is 0.417 e. The van der Waals surface area contributed by atoms with Gasteiger partial charge in [-0.2, -0.15) is 22.0 Å². The number of halogens is 7. The third-order valence-electron chi connectivity index (χ3n) is 4.65. The second-order valence-electron chi connectivity index (χ2n) is 6.38. The van der Waals surface area contributed by atoms with Gasteiger partial charge in [-0.05, 0) is 40.8 Å². The molecule has 4 rings (SSSR count). The number of rotatable bonds is 2. The normalized spacial score (nSPS) is 26.4. The van der Waals surface area contributed by atoms with Crippen molar-refractivity contribution in [2.75, 3.05) is 13.2 Å². The standard InChI is InChI=1S/C17H11F6IN2O2/c18-13-6-27-11-4-9(24)1-2-10(11)16(13)7-26-5-8(17(21,22)23)3-12(14(26)25-16)28-15(19)20/h1-5,13,15H,6-7H2/t13-,16?/m0/s1. The minimum atomic E-state index is -4.79. The lowest BCUT2D eigenvalue weighted by Crippen LogP contribution is -2.46. The number of alkyl halides is 6. The van der Waals surface area contributed by atoms with Gasteiger partial charge in [0.2, 0.25) is 0 Å². The van der Waals surface area contributed by atoms with Crippen molar-refractivity contribution >= 4 is 28.4 Å². The van der Waals surface area contributed by atoms with Crippen LogP contribution in [0.3, 0.4) is 0 Å². The van der Waals surface area contributed by atoms with E-state index in [1.165, 1.54) is 0 Å². The Labute approximate surface area is 168 Å². The number of allylic oxidation sites excluding steroid dienone is 2. The number of nitrogens with zero attached hydrogens (tertiary/aromatic N) is 2. The van der Waals surface area contributed by atoms with E-state index in [1.807, 2.05) is 22.6 Å². The molecular formula is C17H11F6IN2O2. The van der Waals surface area contributed by atoms with Crippen LogP contribution in [0.4, 0.5) is 26.3 Å². The summed E-state index contributed by atoms with van der Waals surface area (Å²) < 4.78 is 90.5. The van der Waals surface area contributed by atoms with E-state index in [1.54, 1.807) is 18.2 Å². The molecule has 4 nitrogen and oxygen atoms in total. The van der Waals surface area contributed by atoms with E-state index in [4.69, 9.17) is 4.74 Å². The van der Waals surface area contributed by atoms with Crippen molar-refractivity contribution in [2.24, 2.45) is 4.99 Å². The first-order valence-corrected chi connectivity index (χ1v) is 9.07. The molecule has 28 heavy (non-hydrogen) atoms. The SMILES string of the molecule is FC(F)OC1=CC(C(F)(F)F)=CN2CC3(N=C12)c1ccc(I)cc1OC[C@@H]3F. The summed E-state index contributed by atoms with van der Waals surface area (Å²) in [7, 11) is 0. The monoisotopic (exact) mass is 516 g/mol. The second-order valence-corrected chi connectivity index (χ2v) is 7.62. The van der Waals surface area contributed by atoms with Crippen LogP contribution >= 0.6 is 22.6 Å². The van der Waals surface area contributed by atoms with Gasteiger partial charge < -0.3 is 14.4 Å². The second kappa shape index (κ2) is 6.56. The summed E-state index contributed by atoms with van der Waals surface area (Å²) in [4.78, 5) is 5.25. The van der Waals surface area contributed by atoms with Gasteiger partial charge in [-0.3, -0.25) is 0 Å². The number of benzene rings is 1. The Morgan fingerprint density at radius 3 is 2.75 bits per heavy atom. The molecule has 3 aliphatic rings. The highest BCUT2D eigenvalue weighted by Crippen LogP contribution is 2.47. The maximum atomic E-state index is 15.0. The third kappa shape index (κ3) is 3.12. The Balaban J connectivity index is 1.84. The van der Waals surface area contributed by atoms with Crippen LogP contribution in [0.1, 0.15) is 5.56 Å². The molecular weight excluding hydrogens is 505 g/mol. The number of hydrogen-bond donors (Lipinski definition) is 0. The fraction of sp³-hybridized carbons (Fsp3) is 0.353.